The lowest BCUT2D eigenvalue weighted by molar-refractivity contribution is -0.133. The summed E-state index contributed by atoms with van der Waals surface area (Å²) in [6, 6.07) is 0. The summed E-state index contributed by atoms with van der Waals surface area (Å²) in [5, 5.41) is 0. The van der Waals surface area contributed by atoms with Gasteiger partial charge in [0, 0.05) is 44.1 Å². The van der Waals surface area contributed by atoms with Gasteiger partial charge in [-0.1, -0.05) is 11.6 Å². The molecular formula is C24H37IN2O7. The van der Waals surface area contributed by atoms with Crippen LogP contribution in [0.25, 0.3) is 0 Å². The van der Waals surface area contributed by atoms with E-state index in [0.29, 0.717) is 50.1 Å². The highest BCUT2D eigenvalue weighted by Gasteiger charge is 2.72. The Balaban J connectivity index is 1.36. The number of amides is 2. The Morgan fingerprint density at radius 1 is 1.18 bits per heavy atom. The maximum absolute atomic E-state index is 13.0. The molecule has 0 aromatic heterocycles. The number of halogens is 1. The van der Waals surface area contributed by atoms with Crippen molar-refractivity contribution in [1.82, 2.24) is 9.80 Å². The summed E-state index contributed by atoms with van der Waals surface area (Å²) in [5.41, 5.74) is 0.644. The molecule has 4 aliphatic rings. The van der Waals surface area contributed by atoms with Crippen LogP contribution in [0, 0.1) is 5.92 Å². The minimum absolute atomic E-state index is 0.00760. The van der Waals surface area contributed by atoms with E-state index in [2.05, 4.69) is 26.8 Å². The Morgan fingerprint density at radius 3 is 2.44 bits per heavy atom. The highest BCUT2D eigenvalue weighted by atomic mass is 127. The fourth-order valence-corrected chi connectivity index (χ4v) is 6.37. The van der Waals surface area contributed by atoms with Crippen LogP contribution >= 0.6 is 21.2 Å². The Hall–Kier alpha value is -1.11. The number of piperazine rings is 1. The average molecular weight is 592 g/mol. The number of hydrogen-bond donors (Lipinski definition) is 0. The van der Waals surface area contributed by atoms with Crippen molar-refractivity contribution in [2.24, 2.45) is 5.92 Å². The summed E-state index contributed by atoms with van der Waals surface area (Å²) in [5.74, 6) is -0.00128. The maximum Gasteiger partial charge on any atom is 0.410 e. The highest BCUT2D eigenvalue weighted by Crippen LogP contribution is 2.59. The van der Waals surface area contributed by atoms with Crippen LogP contribution < -0.4 is 0 Å². The molecule has 0 aromatic rings. The molecule has 0 bridgehead atoms. The van der Waals surface area contributed by atoms with E-state index in [9.17, 15) is 12.7 Å². The zero-order valence-electron chi connectivity index (χ0n) is 20.6. The van der Waals surface area contributed by atoms with Crippen molar-refractivity contribution < 1.29 is 31.6 Å². The van der Waals surface area contributed by atoms with Crippen LogP contribution in [0.2, 0.25) is 0 Å². The summed E-state index contributed by atoms with van der Waals surface area (Å²) >= 11 is -1.12. The van der Waals surface area contributed by atoms with Crippen molar-refractivity contribution in [3.63, 3.8) is 0 Å². The van der Waals surface area contributed by atoms with Crippen molar-refractivity contribution in [2.75, 3.05) is 44.3 Å². The van der Waals surface area contributed by atoms with E-state index in [4.69, 9.17) is 18.9 Å². The fraction of sp³-hybridized carbons (Fsp3) is 0.833. The van der Waals surface area contributed by atoms with Gasteiger partial charge < -0.3 is 28.7 Å². The van der Waals surface area contributed by atoms with E-state index in [0.717, 1.165) is 12.8 Å². The topological polar surface area (TPSA) is 101 Å². The van der Waals surface area contributed by atoms with Crippen LogP contribution in [0.15, 0.2) is 11.6 Å². The highest BCUT2D eigenvalue weighted by molar-refractivity contribution is 14.1. The van der Waals surface area contributed by atoms with Crippen molar-refractivity contribution in [3.8, 4) is 0 Å². The molecule has 1 aliphatic carbocycles. The second-order valence-electron chi connectivity index (χ2n) is 10.2. The minimum Gasteiger partial charge on any atom is -0.443 e. The molecule has 4 rings (SSSR count). The summed E-state index contributed by atoms with van der Waals surface area (Å²) in [4.78, 5) is 28.6. The second-order valence-corrected chi connectivity index (χ2v) is 11.9. The molecule has 10 heteroatoms. The number of rotatable bonds is 8. The van der Waals surface area contributed by atoms with Crippen LogP contribution in [0.5, 0.6) is 0 Å². The normalized spacial score (nSPS) is 36.8. The van der Waals surface area contributed by atoms with Gasteiger partial charge in [-0.05, 0) is 40.0 Å². The summed E-state index contributed by atoms with van der Waals surface area (Å²) < 4.78 is 35.4. The fourth-order valence-electron chi connectivity index (χ4n) is 5.69. The zero-order valence-corrected chi connectivity index (χ0v) is 22.7. The van der Waals surface area contributed by atoms with E-state index in [1.165, 1.54) is 5.57 Å². The summed E-state index contributed by atoms with van der Waals surface area (Å²) in [6.07, 6.45) is 3.94. The molecule has 0 N–H and O–H groups in total. The Bertz CT molecular complexity index is 820. The zero-order chi connectivity index (χ0) is 24.5. The molecule has 1 saturated carbocycles. The van der Waals surface area contributed by atoms with Crippen molar-refractivity contribution in [2.45, 2.75) is 76.0 Å². The molecule has 2 amide bonds. The number of carbonyl (C=O) groups is 2. The van der Waals surface area contributed by atoms with Gasteiger partial charge in [0.1, 0.15) is 44.6 Å². The molecule has 4 fully saturated rings. The van der Waals surface area contributed by atoms with Gasteiger partial charge in [0.2, 0.25) is 5.91 Å². The number of ether oxygens (including phenoxy) is 4. The van der Waals surface area contributed by atoms with Crippen LogP contribution in [0.1, 0.15) is 46.5 Å². The van der Waals surface area contributed by atoms with Gasteiger partial charge in [0.25, 0.3) is 0 Å². The Kier molecular flexibility index (Phi) is 8.00. The first-order valence-corrected chi connectivity index (χ1v) is 14.6. The van der Waals surface area contributed by atoms with Crippen LogP contribution in [0.3, 0.4) is 0 Å². The van der Waals surface area contributed by atoms with Crippen molar-refractivity contribution in [1.29, 1.82) is 0 Å². The molecule has 3 heterocycles. The van der Waals surface area contributed by atoms with Gasteiger partial charge in [0.05, 0.1) is 18.6 Å². The standard InChI is InChI=1S/C24H37IN2O7/c1-16(2)5-6-18-23(3,34-18)21-20(31-4)17(7-9-24(21)15-32-24)33-22(29)27-13-11-26(12-14-27)19(28)8-10-25-30/h5,17-18,20-21H,6-15H2,1-4H3/t17-,18-,20-,21-,23+,24+/m1/s1. The predicted octanol–water partition coefficient (Wildman–Crippen LogP) is 3.05. The van der Waals surface area contributed by atoms with Crippen molar-refractivity contribution >= 4 is 33.2 Å². The Labute approximate surface area is 212 Å². The van der Waals surface area contributed by atoms with E-state index in [1.807, 2.05) is 0 Å². The minimum atomic E-state index is -1.12. The third kappa shape index (κ3) is 5.34. The number of epoxide rings is 2. The van der Waals surface area contributed by atoms with Crippen molar-refractivity contribution in [3.05, 3.63) is 11.6 Å². The van der Waals surface area contributed by atoms with E-state index >= 15 is 0 Å². The molecule has 3 saturated heterocycles. The first-order valence-electron chi connectivity index (χ1n) is 12.2. The monoisotopic (exact) mass is 592 g/mol. The second kappa shape index (κ2) is 10.5. The first-order chi connectivity index (χ1) is 16.2. The van der Waals surface area contributed by atoms with Gasteiger partial charge >= 0.3 is 6.09 Å². The van der Waals surface area contributed by atoms with Crippen LogP contribution in [-0.4, -0.2) is 95.6 Å². The summed E-state index contributed by atoms with van der Waals surface area (Å²) in [6.45, 7) is 8.81. The number of alkyl halides is 1. The number of hydrogen-bond acceptors (Lipinski definition) is 7. The average Bonchev–Trinajstić information content (AvgIpc) is 3.74. The molecule has 34 heavy (non-hydrogen) atoms. The van der Waals surface area contributed by atoms with E-state index in [1.54, 1.807) is 16.9 Å². The van der Waals surface area contributed by atoms with Crippen LogP contribution in [-0.2, 0) is 26.8 Å². The number of nitrogens with zero attached hydrogens (tertiary/aromatic N) is 2. The number of methoxy groups -OCH3 is 1. The van der Waals surface area contributed by atoms with Crippen LogP contribution in [0.4, 0.5) is 4.79 Å². The van der Waals surface area contributed by atoms with Gasteiger partial charge in [-0.15, -0.1) is 0 Å². The molecule has 0 aromatic carbocycles. The van der Waals surface area contributed by atoms with Gasteiger partial charge in [-0.3, -0.25) is 7.86 Å². The molecule has 6 atom stereocenters. The predicted molar refractivity (Wildman–Crippen MR) is 132 cm³/mol. The lowest BCUT2D eigenvalue weighted by atomic mass is 9.68. The maximum atomic E-state index is 13.0. The molecule has 1 spiro atoms. The molecular weight excluding hydrogens is 555 g/mol. The van der Waals surface area contributed by atoms with Gasteiger partial charge in [-0.25, -0.2) is 4.79 Å². The largest absolute Gasteiger partial charge is 0.443 e. The quantitative estimate of drug-likeness (QED) is 0.185. The lowest BCUT2D eigenvalue weighted by Crippen LogP contribution is -2.57. The van der Waals surface area contributed by atoms with E-state index < -0.39 is 21.2 Å². The first kappa shape index (κ1) is 26.0. The molecule has 0 unspecified atom stereocenters. The number of carbonyl (C=O) groups excluding carboxylic acids is 2. The molecule has 3 aliphatic heterocycles. The van der Waals surface area contributed by atoms with Gasteiger partial charge in [-0.2, -0.15) is 0 Å². The number of allylic oxidation sites excluding steroid dienone is 1. The van der Waals surface area contributed by atoms with Gasteiger partial charge in [0.15, 0.2) is 0 Å². The molecule has 0 radical (unpaired) electrons. The molecule has 192 valence electrons. The third-order valence-corrected chi connectivity index (χ3v) is 8.75. The third-order valence-electron chi connectivity index (χ3n) is 7.77. The van der Waals surface area contributed by atoms with E-state index in [-0.39, 0.29) is 47.4 Å². The smallest absolute Gasteiger partial charge is 0.410 e. The Morgan fingerprint density at radius 2 is 1.85 bits per heavy atom. The molecule has 9 nitrogen and oxygen atoms in total. The summed E-state index contributed by atoms with van der Waals surface area (Å²) in [7, 11) is 1.67. The lowest BCUT2D eigenvalue weighted by Gasteiger charge is -2.43. The SMILES string of the molecule is CO[C@@H]1[C@H](OC(=O)N2CCN(C(=O)CCI=O)CC2)CC[C@]2(CO2)[C@H]1[C@@]1(C)O[C@@H]1CC=C(C)C.